The Hall–Kier alpha value is -3.10. The topological polar surface area (TPSA) is 94.3 Å². The number of nitrogens with two attached hydrogens (primary N) is 1. The summed E-state index contributed by atoms with van der Waals surface area (Å²) in [6.07, 6.45) is 2.70. The number of Topliss-reactive ketones (excluding diaryl/α,β-unsaturated/α-hetero) is 1. The number of nitrogens with zero attached hydrogens (tertiary/aromatic N) is 1. The lowest BCUT2D eigenvalue weighted by Gasteiger charge is -2.22. The molecule has 0 radical (unpaired) electrons. The molecule has 1 saturated heterocycles. The van der Waals surface area contributed by atoms with Crippen molar-refractivity contribution in [1.29, 1.82) is 0 Å². The van der Waals surface area contributed by atoms with E-state index in [1.54, 1.807) is 36.4 Å². The van der Waals surface area contributed by atoms with E-state index >= 15 is 0 Å². The summed E-state index contributed by atoms with van der Waals surface area (Å²) in [5.74, 6) is -0.0426. The van der Waals surface area contributed by atoms with Gasteiger partial charge in [-0.3, -0.25) is 4.79 Å². The third kappa shape index (κ3) is 5.15. The number of nitrogens with one attached hydrogen (secondary N) is 1. The van der Waals surface area contributed by atoms with Crippen LogP contribution in [0.25, 0.3) is 21.0 Å². The number of thiazole rings is 1. The largest absolute Gasteiger partial charge is 0.411 e. The van der Waals surface area contributed by atoms with E-state index in [1.165, 1.54) is 23.5 Å². The zero-order valence-electron chi connectivity index (χ0n) is 16.8. The summed E-state index contributed by atoms with van der Waals surface area (Å²) in [5, 5.41) is 4.06. The number of ketones is 1. The van der Waals surface area contributed by atoms with Gasteiger partial charge in [-0.2, -0.15) is 0 Å². The fraction of sp³-hybridized carbons (Fsp3) is 0.261. The van der Waals surface area contributed by atoms with Crippen LogP contribution in [0, 0.1) is 5.82 Å². The predicted molar refractivity (Wildman–Crippen MR) is 118 cm³/mol. The molecular weight excluding hydrogens is 417 g/mol. The molecule has 8 heteroatoms. The molecule has 1 aromatic heterocycles. The monoisotopic (exact) mass is 439 g/mol. The predicted octanol–water partition coefficient (Wildman–Crippen LogP) is 4.79. The minimum absolute atomic E-state index is 0.0325. The number of benzene rings is 2. The number of piperidine rings is 1. The van der Waals surface area contributed by atoms with Gasteiger partial charge in [-0.1, -0.05) is 18.6 Å². The van der Waals surface area contributed by atoms with E-state index in [2.05, 4.69) is 10.3 Å². The number of halogens is 1. The van der Waals surface area contributed by atoms with E-state index < -0.39 is 6.09 Å². The van der Waals surface area contributed by atoms with Crippen molar-refractivity contribution >= 4 is 23.2 Å². The highest BCUT2D eigenvalue weighted by atomic mass is 32.1. The van der Waals surface area contributed by atoms with Gasteiger partial charge in [0.2, 0.25) is 0 Å². The normalized spacial score (nSPS) is 16.1. The first-order chi connectivity index (χ1) is 15.0. The van der Waals surface area contributed by atoms with Gasteiger partial charge >= 0.3 is 6.09 Å². The molecule has 2 heterocycles. The van der Waals surface area contributed by atoms with Crippen molar-refractivity contribution in [3.8, 4) is 26.8 Å². The number of amides is 1. The molecule has 4 rings (SSSR count). The molecule has 0 spiro atoms. The molecule has 3 aromatic rings. The molecule has 2 aromatic carbocycles. The highest BCUT2D eigenvalue weighted by Gasteiger charge is 2.24. The number of aromatic nitrogens is 1. The lowest BCUT2D eigenvalue weighted by atomic mass is 9.98. The van der Waals surface area contributed by atoms with Crippen molar-refractivity contribution < 1.29 is 18.7 Å². The molecule has 1 atom stereocenters. The summed E-state index contributed by atoms with van der Waals surface area (Å²) in [7, 11) is 0. The molecule has 1 fully saturated rings. The highest BCUT2D eigenvalue weighted by Crippen LogP contribution is 2.37. The summed E-state index contributed by atoms with van der Waals surface area (Å²) >= 11 is 1.37. The second-order valence-electron chi connectivity index (χ2n) is 7.42. The van der Waals surface area contributed by atoms with Crippen LogP contribution in [0.1, 0.15) is 36.2 Å². The summed E-state index contributed by atoms with van der Waals surface area (Å²) in [6, 6.07) is 13.0. The van der Waals surface area contributed by atoms with Gasteiger partial charge in [0.05, 0.1) is 4.88 Å². The third-order valence-corrected chi connectivity index (χ3v) is 6.32. The molecule has 1 aliphatic rings. The van der Waals surface area contributed by atoms with E-state index in [0.717, 1.165) is 36.9 Å². The zero-order valence-corrected chi connectivity index (χ0v) is 17.6. The Morgan fingerprint density at radius 2 is 1.81 bits per heavy atom. The van der Waals surface area contributed by atoms with E-state index in [0.29, 0.717) is 27.7 Å². The first kappa shape index (κ1) is 21.1. The maximum Gasteiger partial charge on any atom is 0.409 e. The fourth-order valence-electron chi connectivity index (χ4n) is 3.63. The van der Waals surface area contributed by atoms with Gasteiger partial charge < -0.3 is 15.8 Å². The molecule has 31 heavy (non-hydrogen) atoms. The smallest absolute Gasteiger partial charge is 0.409 e. The van der Waals surface area contributed by atoms with Crippen LogP contribution in [0.2, 0.25) is 0 Å². The van der Waals surface area contributed by atoms with Gasteiger partial charge in [0.1, 0.15) is 22.3 Å². The van der Waals surface area contributed by atoms with Gasteiger partial charge in [0.15, 0.2) is 5.78 Å². The van der Waals surface area contributed by atoms with Crippen molar-refractivity contribution in [3.63, 3.8) is 0 Å². The Labute approximate surface area is 183 Å². The van der Waals surface area contributed by atoms with Crippen molar-refractivity contribution in [3.05, 3.63) is 60.0 Å². The maximum atomic E-state index is 13.4. The standard InChI is InChI=1S/C23H22FN3O3S/c24-16-8-4-14(5-9-16)21-20(19(28)13-17-3-1-2-12-26-17)27-22(31-21)15-6-10-18(11-7-15)30-23(25)29/h4-11,17,26H,1-3,12-13H2,(H2,25,29). The Morgan fingerprint density at radius 3 is 2.45 bits per heavy atom. The Bertz CT molecular complexity index is 1070. The average Bonchev–Trinajstić information content (AvgIpc) is 3.21. The quantitative estimate of drug-likeness (QED) is 0.539. The molecule has 0 aliphatic carbocycles. The van der Waals surface area contributed by atoms with Crippen LogP contribution >= 0.6 is 11.3 Å². The van der Waals surface area contributed by atoms with Crippen molar-refractivity contribution in [2.45, 2.75) is 31.7 Å². The molecule has 6 nitrogen and oxygen atoms in total. The lowest BCUT2D eigenvalue weighted by molar-refractivity contribution is 0.0960. The van der Waals surface area contributed by atoms with Crippen LogP contribution in [0.4, 0.5) is 9.18 Å². The molecular formula is C23H22FN3O3S. The van der Waals surface area contributed by atoms with Gasteiger partial charge in [-0.05, 0) is 61.3 Å². The first-order valence-electron chi connectivity index (χ1n) is 10.1. The Kier molecular flexibility index (Phi) is 6.39. The number of hydrogen-bond donors (Lipinski definition) is 2. The number of ether oxygens (including phenoxy) is 1. The lowest BCUT2D eigenvalue weighted by Crippen LogP contribution is -2.35. The molecule has 1 amide bonds. The van der Waals surface area contributed by atoms with Crippen LogP contribution in [-0.2, 0) is 0 Å². The number of hydrogen-bond acceptors (Lipinski definition) is 6. The number of carbonyl (C=O) groups excluding carboxylic acids is 2. The van der Waals surface area contributed by atoms with Crippen LogP contribution in [0.5, 0.6) is 5.75 Å². The van der Waals surface area contributed by atoms with Crippen LogP contribution in [-0.4, -0.2) is 29.4 Å². The van der Waals surface area contributed by atoms with Gasteiger partial charge in [0.25, 0.3) is 0 Å². The van der Waals surface area contributed by atoms with Crippen molar-refractivity contribution in [2.24, 2.45) is 5.73 Å². The van der Waals surface area contributed by atoms with Gasteiger partial charge in [-0.25, -0.2) is 14.2 Å². The van der Waals surface area contributed by atoms with E-state index in [-0.39, 0.29) is 17.6 Å². The molecule has 160 valence electrons. The summed E-state index contributed by atoms with van der Waals surface area (Å²) in [5.41, 5.74) is 6.97. The minimum Gasteiger partial charge on any atom is -0.411 e. The van der Waals surface area contributed by atoms with E-state index in [1.807, 2.05) is 0 Å². The van der Waals surface area contributed by atoms with Crippen LogP contribution in [0.3, 0.4) is 0 Å². The van der Waals surface area contributed by atoms with Crippen molar-refractivity contribution in [1.82, 2.24) is 10.3 Å². The summed E-state index contributed by atoms with van der Waals surface area (Å²) in [4.78, 5) is 29.4. The fourth-order valence-corrected chi connectivity index (χ4v) is 4.72. The SMILES string of the molecule is NC(=O)Oc1ccc(-c2nc(C(=O)CC3CCCCN3)c(-c3ccc(F)cc3)s2)cc1. The average molecular weight is 440 g/mol. The summed E-state index contributed by atoms with van der Waals surface area (Å²) < 4.78 is 18.3. The molecule has 0 saturated carbocycles. The molecule has 0 bridgehead atoms. The summed E-state index contributed by atoms with van der Waals surface area (Å²) in [6.45, 7) is 0.921. The van der Waals surface area contributed by atoms with Gasteiger partial charge in [-0.15, -0.1) is 11.3 Å². The Morgan fingerprint density at radius 1 is 1.10 bits per heavy atom. The zero-order chi connectivity index (χ0) is 21.8. The minimum atomic E-state index is -0.884. The second-order valence-corrected chi connectivity index (χ2v) is 8.42. The molecule has 3 N–H and O–H groups in total. The molecule has 1 aliphatic heterocycles. The van der Waals surface area contributed by atoms with Crippen LogP contribution < -0.4 is 15.8 Å². The second kappa shape index (κ2) is 9.36. The van der Waals surface area contributed by atoms with E-state index in [4.69, 9.17) is 10.5 Å². The highest BCUT2D eigenvalue weighted by molar-refractivity contribution is 7.18. The third-order valence-electron chi connectivity index (χ3n) is 5.16. The van der Waals surface area contributed by atoms with E-state index in [9.17, 15) is 14.0 Å². The van der Waals surface area contributed by atoms with Gasteiger partial charge in [0, 0.05) is 18.0 Å². The number of rotatable bonds is 6. The number of carbonyl (C=O) groups is 2. The van der Waals surface area contributed by atoms with Crippen molar-refractivity contribution in [2.75, 3.05) is 6.54 Å². The number of primary amides is 1. The molecule has 1 unspecified atom stereocenters. The Balaban J connectivity index is 1.67. The van der Waals surface area contributed by atoms with Crippen LogP contribution in [0.15, 0.2) is 48.5 Å². The maximum absolute atomic E-state index is 13.4. The first-order valence-corrected chi connectivity index (χ1v) is 10.9.